The largest absolute Gasteiger partial charge is 3.00 e. The van der Waals surface area contributed by atoms with Crippen LogP contribution >= 0.6 is 0 Å². The number of hydrogen-bond acceptors (Lipinski definition) is 5. The van der Waals surface area contributed by atoms with Crippen LogP contribution < -0.4 is 0 Å². The van der Waals surface area contributed by atoms with E-state index in [1.54, 1.807) is 12.1 Å². The number of nitrogens with zero attached hydrogens (tertiary/aromatic N) is 4. The Bertz CT molecular complexity index is 1910. The number of benzene rings is 3. The van der Waals surface area contributed by atoms with Crippen LogP contribution in [0.4, 0.5) is 0 Å². The van der Waals surface area contributed by atoms with Crippen molar-refractivity contribution in [2.45, 2.75) is 57.9 Å². The number of carbonyl (C=O) groups is 1. The zero-order chi connectivity index (χ0) is 34.3. The predicted molar refractivity (Wildman–Crippen MR) is 191 cm³/mol. The second-order valence-electron chi connectivity index (χ2n) is 14.3. The Morgan fingerprint density at radius 1 is 0.857 bits per heavy atom. The van der Waals surface area contributed by atoms with Gasteiger partial charge in [-0.25, -0.2) is 9.78 Å². The van der Waals surface area contributed by atoms with Crippen LogP contribution in [-0.4, -0.2) is 37.9 Å². The predicted octanol–water partition coefficient (Wildman–Crippen LogP) is 8.83. The third-order valence-electron chi connectivity index (χ3n) is 8.83. The first-order valence-electron chi connectivity index (χ1n) is 16.2. The number of rotatable bonds is 4. The third kappa shape index (κ3) is 6.83. The molecule has 49 heavy (non-hydrogen) atoms. The number of fused-ring (bicyclic) bond motifs is 3. The van der Waals surface area contributed by atoms with Crippen LogP contribution in [0.1, 0.15) is 80.0 Å². The second kappa shape index (κ2) is 13.7. The van der Waals surface area contributed by atoms with Crippen molar-refractivity contribution in [3.8, 4) is 22.4 Å². The van der Waals surface area contributed by atoms with Gasteiger partial charge in [0.15, 0.2) is 0 Å². The van der Waals surface area contributed by atoms with Gasteiger partial charge in [0.2, 0.25) is 0 Å². The number of hydrogen-bond donors (Lipinski definition) is 1. The van der Waals surface area contributed by atoms with Crippen molar-refractivity contribution >= 4 is 5.97 Å². The summed E-state index contributed by atoms with van der Waals surface area (Å²) in [4.78, 5) is 23.5. The summed E-state index contributed by atoms with van der Waals surface area (Å²) in [6.07, 6.45) is 5.72. The summed E-state index contributed by atoms with van der Waals surface area (Å²) >= 11 is 0. The molecule has 7 heteroatoms. The van der Waals surface area contributed by atoms with Gasteiger partial charge in [0.05, 0.1) is 11.2 Å². The van der Waals surface area contributed by atoms with E-state index in [-0.39, 0.29) is 36.6 Å². The molecule has 250 valence electrons. The summed E-state index contributed by atoms with van der Waals surface area (Å²) in [5, 5.41) is 8.32. The fourth-order valence-corrected chi connectivity index (χ4v) is 6.26. The van der Waals surface area contributed by atoms with Gasteiger partial charge < -0.3 is 14.9 Å². The van der Waals surface area contributed by atoms with Crippen LogP contribution in [0.2, 0.25) is 0 Å². The van der Waals surface area contributed by atoms with Crippen molar-refractivity contribution in [2.75, 3.05) is 7.05 Å². The van der Waals surface area contributed by atoms with Crippen LogP contribution in [0.5, 0.6) is 0 Å². The van der Waals surface area contributed by atoms with Gasteiger partial charge in [0, 0.05) is 6.20 Å². The van der Waals surface area contributed by atoms with Gasteiger partial charge in [-0.2, -0.15) is 30.4 Å². The Balaban J connectivity index is 0.000000409. The van der Waals surface area contributed by atoms with Gasteiger partial charge in [-0.1, -0.05) is 83.5 Å². The molecule has 0 fully saturated rings. The Morgan fingerprint density at radius 2 is 1.61 bits per heavy atom. The number of pyridine rings is 2. The molecule has 2 aliphatic rings. The smallest absolute Gasteiger partial charge is 0.511 e. The van der Waals surface area contributed by atoms with Crippen molar-refractivity contribution < 1.29 is 30.0 Å². The molecule has 1 aliphatic carbocycles. The van der Waals surface area contributed by atoms with Crippen molar-refractivity contribution in [2.24, 2.45) is 0 Å². The van der Waals surface area contributed by atoms with Crippen molar-refractivity contribution in [3.05, 3.63) is 162 Å². The van der Waals surface area contributed by atoms with E-state index in [0.29, 0.717) is 0 Å². The van der Waals surface area contributed by atoms with Crippen molar-refractivity contribution in [1.29, 1.82) is 0 Å². The Morgan fingerprint density at radius 3 is 2.20 bits per heavy atom. The van der Waals surface area contributed by atoms with Gasteiger partial charge >= 0.3 is 26.1 Å². The van der Waals surface area contributed by atoms with E-state index < -0.39 is 11.5 Å². The second-order valence-corrected chi connectivity index (χ2v) is 14.3. The zero-order valence-electron chi connectivity index (χ0n) is 28.9. The van der Waals surface area contributed by atoms with Crippen LogP contribution in [-0.2, 0) is 36.5 Å². The molecule has 1 atom stereocenters. The molecule has 0 radical (unpaired) electrons. The van der Waals surface area contributed by atoms with Gasteiger partial charge in [-0.3, -0.25) is 4.98 Å². The molecule has 1 aliphatic heterocycles. The maximum Gasteiger partial charge on any atom is 3.00 e. The summed E-state index contributed by atoms with van der Waals surface area (Å²) in [5.74, 6) is -0.990. The van der Waals surface area contributed by atoms with E-state index >= 15 is 0 Å². The van der Waals surface area contributed by atoms with Gasteiger partial charge in [0.25, 0.3) is 0 Å². The van der Waals surface area contributed by atoms with E-state index in [1.807, 2.05) is 18.2 Å². The van der Waals surface area contributed by atoms with Gasteiger partial charge in [0.1, 0.15) is 5.69 Å². The first kappa shape index (κ1) is 35.7. The van der Waals surface area contributed by atoms with E-state index in [0.717, 1.165) is 22.5 Å². The molecule has 3 aromatic carbocycles. The minimum atomic E-state index is -0.990. The zero-order valence-corrected chi connectivity index (χ0v) is 31.3. The number of aromatic carboxylic acids is 1. The molecule has 0 bridgehead atoms. The minimum Gasteiger partial charge on any atom is -0.511 e. The monoisotopic (exact) mass is 826 g/mol. The van der Waals surface area contributed by atoms with Crippen LogP contribution in [0.15, 0.2) is 110 Å². The SMILES string of the molecule is CN1C=CN([C@@]2(c3cccc(-c4[c-]cccc4)n3)c3[c-]c(C(C)(C)C)ccc3-c3ccc(C(C)(C)C)cc32)[CH-]1.O=C(O)c1ccccn1.[Ir+3]. The normalized spacial score (nSPS) is 16.3. The molecule has 6 nitrogen and oxygen atoms in total. The van der Waals surface area contributed by atoms with Crippen LogP contribution in [0.3, 0.4) is 0 Å². The van der Waals surface area contributed by atoms with E-state index in [4.69, 9.17) is 10.1 Å². The Hall–Kier alpha value is -4.58. The van der Waals surface area contributed by atoms with E-state index in [2.05, 4.69) is 149 Å². The first-order chi connectivity index (χ1) is 22.8. The van der Waals surface area contributed by atoms with Crippen molar-refractivity contribution in [3.63, 3.8) is 0 Å². The molecule has 5 aromatic rings. The molecule has 1 N–H and O–H groups in total. The molecule has 0 unspecified atom stereocenters. The summed E-state index contributed by atoms with van der Waals surface area (Å²) in [7, 11) is 2.07. The molecule has 2 aromatic heterocycles. The standard InChI is InChI=1S/C36H36N3.C6H5NO2.Ir/c1-34(2,3)26-16-18-28-29-19-17-27(35(4,5)6)23-31(29)36(30(28)22-26,39-21-20-38(7)24-39)33-15-11-14-32(37-33)25-12-9-8-10-13-25;8-6(9)5-3-1-2-4-7-5;/h8-12,14-22,24H,1-7H3;1-4H,(H,8,9);/q-3;;+3/t36-;;/m1../s1. The van der Waals surface area contributed by atoms with Gasteiger partial charge in [-0.05, 0) is 65.3 Å². The Labute approximate surface area is 303 Å². The summed E-state index contributed by atoms with van der Waals surface area (Å²) < 4.78 is 0. The molecule has 0 amide bonds. The van der Waals surface area contributed by atoms with E-state index in [1.165, 1.54) is 40.1 Å². The summed E-state index contributed by atoms with van der Waals surface area (Å²) in [6.45, 7) is 15.8. The number of carboxylic acids is 1. The maximum absolute atomic E-state index is 10.1. The molecule has 3 heterocycles. The average molecular weight is 826 g/mol. The molecular weight excluding hydrogens is 785 g/mol. The Kier molecular flexibility index (Phi) is 10.0. The third-order valence-corrected chi connectivity index (χ3v) is 8.83. The first-order valence-corrected chi connectivity index (χ1v) is 16.2. The topological polar surface area (TPSA) is 69.6 Å². The van der Waals surface area contributed by atoms with Crippen LogP contribution in [0, 0.1) is 18.8 Å². The summed E-state index contributed by atoms with van der Waals surface area (Å²) in [6, 6.07) is 38.1. The molecule has 0 spiro atoms. The summed E-state index contributed by atoms with van der Waals surface area (Å²) in [5.41, 5.74) is 9.58. The van der Waals surface area contributed by atoms with Gasteiger partial charge in [-0.15, -0.1) is 47.0 Å². The fraction of sp³-hybridized carbons (Fsp3) is 0.238. The molecular formula is C42H41IrN4O2. The molecule has 0 saturated heterocycles. The average Bonchev–Trinajstić information content (AvgIpc) is 3.63. The number of aromatic nitrogens is 2. The molecule has 0 saturated carbocycles. The number of carboxylic acid groups (broad SMARTS) is 1. The fourth-order valence-electron chi connectivity index (χ4n) is 6.26. The maximum atomic E-state index is 10.1. The quantitative estimate of drug-likeness (QED) is 0.183. The minimum absolute atomic E-state index is 0. The van der Waals surface area contributed by atoms with E-state index in [9.17, 15) is 4.79 Å². The molecule has 7 rings (SSSR count). The van der Waals surface area contributed by atoms with Crippen LogP contribution in [0.25, 0.3) is 22.4 Å². The van der Waals surface area contributed by atoms with Crippen molar-refractivity contribution in [1.82, 2.24) is 19.8 Å².